The van der Waals surface area contributed by atoms with Crippen LogP contribution in [0.5, 0.6) is 5.75 Å². The van der Waals surface area contributed by atoms with Crippen molar-refractivity contribution in [3.05, 3.63) is 64.9 Å². The summed E-state index contributed by atoms with van der Waals surface area (Å²) in [6.07, 6.45) is 0. The maximum atomic E-state index is 12.4. The fraction of sp³-hybridized carbons (Fsp3) is 0.238. The SMILES string of the molecule is CCn1c(CNC(=O)c2ccccc2Cl)nnc1SCC(=O)Nc1ccc(OC)cc1. The first-order valence-electron chi connectivity index (χ1n) is 9.53. The molecular weight excluding hydrogens is 438 g/mol. The van der Waals surface area contributed by atoms with Crippen LogP contribution in [0.3, 0.4) is 0 Å². The summed E-state index contributed by atoms with van der Waals surface area (Å²) >= 11 is 7.35. The van der Waals surface area contributed by atoms with Crippen LogP contribution in [0.4, 0.5) is 5.69 Å². The Morgan fingerprint density at radius 3 is 2.55 bits per heavy atom. The van der Waals surface area contributed by atoms with Crippen molar-refractivity contribution in [1.29, 1.82) is 0 Å². The maximum Gasteiger partial charge on any atom is 0.253 e. The molecule has 0 saturated heterocycles. The number of nitrogens with one attached hydrogen (secondary N) is 2. The number of nitrogens with zero attached hydrogens (tertiary/aromatic N) is 3. The van der Waals surface area contributed by atoms with Crippen molar-refractivity contribution >= 4 is 40.9 Å². The number of aromatic nitrogens is 3. The van der Waals surface area contributed by atoms with E-state index in [0.29, 0.717) is 33.8 Å². The average Bonchev–Trinajstić information content (AvgIpc) is 3.18. The van der Waals surface area contributed by atoms with E-state index in [1.54, 1.807) is 55.6 Å². The van der Waals surface area contributed by atoms with Crippen LogP contribution in [0.1, 0.15) is 23.1 Å². The largest absolute Gasteiger partial charge is 0.497 e. The molecule has 2 N–H and O–H groups in total. The molecule has 10 heteroatoms. The summed E-state index contributed by atoms with van der Waals surface area (Å²) in [7, 11) is 1.59. The Labute approximate surface area is 189 Å². The topological polar surface area (TPSA) is 98.1 Å². The highest BCUT2D eigenvalue weighted by Gasteiger charge is 2.15. The fourth-order valence-corrected chi connectivity index (χ4v) is 3.82. The summed E-state index contributed by atoms with van der Waals surface area (Å²) < 4.78 is 6.96. The van der Waals surface area contributed by atoms with E-state index < -0.39 is 0 Å². The molecule has 0 aliphatic heterocycles. The van der Waals surface area contributed by atoms with E-state index in [0.717, 1.165) is 5.75 Å². The van der Waals surface area contributed by atoms with Crippen molar-refractivity contribution in [1.82, 2.24) is 20.1 Å². The Hall–Kier alpha value is -3.04. The van der Waals surface area contributed by atoms with Crippen LogP contribution in [0.15, 0.2) is 53.7 Å². The van der Waals surface area contributed by atoms with E-state index in [-0.39, 0.29) is 24.1 Å². The zero-order valence-electron chi connectivity index (χ0n) is 17.1. The molecule has 3 aromatic rings. The number of hydrogen-bond acceptors (Lipinski definition) is 6. The third-order valence-corrected chi connectivity index (χ3v) is 5.64. The van der Waals surface area contributed by atoms with Crippen molar-refractivity contribution < 1.29 is 14.3 Å². The van der Waals surface area contributed by atoms with Gasteiger partial charge in [-0.25, -0.2) is 0 Å². The number of thioether (sulfide) groups is 1. The highest BCUT2D eigenvalue weighted by molar-refractivity contribution is 7.99. The molecular formula is C21H22ClN5O3S. The number of methoxy groups -OCH3 is 1. The van der Waals surface area contributed by atoms with Crippen LogP contribution in [-0.4, -0.2) is 39.4 Å². The average molecular weight is 460 g/mol. The van der Waals surface area contributed by atoms with Gasteiger partial charge in [0, 0.05) is 12.2 Å². The summed E-state index contributed by atoms with van der Waals surface area (Å²) in [5.74, 6) is 1.05. The molecule has 0 bridgehead atoms. The third kappa shape index (κ3) is 5.99. The van der Waals surface area contributed by atoms with E-state index in [4.69, 9.17) is 16.3 Å². The van der Waals surface area contributed by atoms with Gasteiger partial charge in [-0.2, -0.15) is 0 Å². The van der Waals surface area contributed by atoms with Crippen molar-refractivity contribution in [2.75, 3.05) is 18.2 Å². The molecule has 0 aliphatic carbocycles. The van der Waals surface area contributed by atoms with Crippen molar-refractivity contribution in [3.8, 4) is 5.75 Å². The molecule has 0 radical (unpaired) electrons. The van der Waals surface area contributed by atoms with Crippen molar-refractivity contribution in [2.45, 2.75) is 25.2 Å². The minimum atomic E-state index is -0.288. The minimum Gasteiger partial charge on any atom is -0.497 e. The number of ether oxygens (including phenoxy) is 1. The van der Waals surface area contributed by atoms with E-state index in [2.05, 4.69) is 20.8 Å². The van der Waals surface area contributed by atoms with Gasteiger partial charge in [0.05, 0.1) is 30.0 Å². The summed E-state index contributed by atoms with van der Waals surface area (Å²) in [5.41, 5.74) is 1.09. The Bertz CT molecular complexity index is 1060. The van der Waals surface area contributed by atoms with Gasteiger partial charge in [-0.15, -0.1) is 10.2 Å². The van der Waals surface area contributed by atoms with Crippen LogP contribution in [-0.2, 0) is 17.9 Å². The Kier molecular flexibility index (Phi) is 7.91. The number of rotatable bonds is 9. The first-order chi connectivity index (χ1) is 15.0. The van der Waals surface area contributed by atoms with Gasteiger partial charge >= 0.3 is 0 Å². The molecule has 2 amide bonds. The van der Waals surface area contributed by atoms with Gasteiger partial charge in [0.1, 0.15) is 5.75 Å². The monoisotopic (exact) mass is 459 g/mol. The van der Waals surface area contributed by atoms with Gasteiger partial charge in [0.2, 0.25) is 5.91 Å². The molecule has 0 spiro atoms. The zero-order valence-corrected chi connectivity index (χ0v) is 18.7. The van der Waals surface area contributed by atoms with Gasteiger partial charge in [-0.3, -0.25) is 9.59 Å². The molecule has 1 heterocycles. The summed E-state index contributed by atoms with van der Waals surface area (Å²) in [6, 6.07) is 13.9. The molecule has 31 heavy (non-hydrogen) atoms. The minimum absolute atomic E-state index is 0.158. The van der Waals surface area contributed by atoms with Crippen LogP contribution < -0.4 is 15.4 Å². The zero-order chi connectivity index (χ0) is 22.2. The molecule has 0 aliphatic rings. The number of benzene rings is 2. The van der Waals surface area contributed by atoms with Crippen LogP contribution in [0.25, 0.3) is 0 Å². The number of carbonyl (C=O) groups excluding carboxylic acids is 2. The smallest absolute Gasteiger partial charge is 0.253 e. The van der Waals surface area contributed by atoms with Gasteiger partial charge in [-0.1, -0.05) is 35.5 Å². The second-order valence-electron chi connectivity index (χ2n) is 6.37. The number of anilines is 1. The van der Waals surface area contributed by atoms with Gasteiger partial charge < -0.3 is 19.9 Å². The molecule has 162 valence electrons. The maximum absolute atomic E-state index is 12.4. The molecule has 0 unspecified atom stereocenters. The predicted molar refractivity (Wildman–Crippen MR) is 121 cm³/mol. The summed E-state index contributed by atoms with van der Waals surface area (Å²) in [6.45, 7) is 2.75. The fourth-order valence-electron chi connectivity index (χ4n) is 2.78. The van der Waals surface area contributed by atoms with Gasteiger partial charge in [-0.05, 0) is 43.3 Å². The Balaban J connectivity index is 1.56. The first-order valence-corrected chi connectivity index (χ1v) is 10.9. The van der Waals surface area contributed by atoms with Crippen molar-refractivity contribution in [2.24, 2.45) is 0 Å². The van der Waals surface area contributed by atoms with E-state index >= 15 is 0 Å². The molecule has 0 saturated carbocycles. The third-order valence-electron chi connectivity index (χ3n) is 4.34. The highest BCUT2D eigenvalue weighted by atomic mass is 35.5. The molecule has 0 fully saturated rings. The standard InChI is InChI=1S/C21H22ClN5O3S/c1-3-27-18(12-23-20(29)16-6-4-5-7-17(16)22)25-26-21(27)31-13-19(28)24-14-8-10-15(30-2)11-9-14/h4-11H,3,12-13H2,1-2H3,(H,23,29)(H,24,28). The van der Waals surface area contributed by atoms with E-state index in [1.807, 2.05) is 11.5 Å². The van der Waals surface area contributed by atoms with Crippen LogP contribution in [0.2, 0.25) is 5.02 Å². The van der Waals surface area contributed by atoms with Crippen LogP contribution >= 0.6 is 23.4 Å². The lowest BCUT2D eigenvalue weighted by Crippen LogP contribution is -2.25. The molecule has 1 aromatic heterocycles. The van der Waals surface area contributed by atoms with E-state index in [1.165, 1.54) is 11.8 Å². The lowest BCUT2D eigenvalue weighted by Gasteiger charge is -2.09. The Morgan fingerprint density at radius 1 is 1.13 bits per heavy atom. The van der Waals surface area contributed by atoms with Gasteiger partial charge in [0.15, 0.2) is 11.0 Å². The predicted octanol–water partition coefficient (Wildman–Crippen LogP) is 3.62. The Morgan fingerprint density at radius 2 is 1.87 bits per heavy atom. The molecule has 3 rings (SSSR count). The summed E-state index contributed by atoms with van der Waals surface area (Å²) in [5, 5.41) is 14.9. The second kappa shape index (κ2) is 10.8. The second-order valence-corrected chi connectivity index (χ2v) is 7.72. The summed E-state index contributed by atoms with van der Waals surface area (Å²) in [4.78, 5) is 24.6. The number of carbonyl (C=O) groups is 2. The van der Waals surface area contributed by atoms with E-state index in [9.17, 15) is 9.59 Å². The molecule has 8 nitrogen and oxygen atoms in total. The lowest BCUT2D eigenvalue weighted by molar-refractivity contribution is -0.113. The lowest BCUT2D eigenvalue weighted by atomic mass is 10.2. The van der Waals surface area contributed by atoms with Gasteiger partial charge in [0.25, 0.3) is 5.91 Å². The highest BCUT2D eigenvalue weighted by Crippen LogP contribution is 2.19. The number of halogens is 1. The van der Waals surface area contributed by atoms with Crippen molar-refractivity contribution in [3.63, 3.8) is 0 Å². The van der Waals surface area contributed by atoms with Crippen LogP contribution in [0, 0.1) is 0 Å². The first kappa shape index (κ1) is 22.6. The molecule has 2 aromatic carbocycles. The quantitative estimate of drug-likeness (QED) is 0.474. The normalized spacial score (nSPS) is 10.5. The molecule has 0 atom stereocenters. The number of hydrogen-bond donors (Lipinski definition) is 2. The number of amides is 2.